The van der Waals surface area contributed by atoms with Crippen LogP contribution in [0.1, 0.15) is 43.2 Å². The van der Waals surface area contributed by atoms with Crippen LogP contribution >= 0.6 is 24.0 Å². The number of aromatic nitrogens is 2. The number of halogens is 1. The SMILES string of the molecule is CCNC(=NCCCCOCCc1ccccc1)N1CCC(c2cnn(C)c2)C1.I. The number of aliphatic imine (C=N–C) groups is 1. The Kier molecular flexibility index (Phi) is 11.2. The Balaban J connectivity index is 0.00000320. The van der Waals surface area contributed by atoms with Gasteiger partial charge in [0.15, 0.2) is 5.96 Å². The van der Waals surface area contributed by atoms with Gasteiger partial charge in [0.2, 0.25) is 0 Å². The largest absolute Gasteiger partial charge is 0.381 e. The average Bonchev–Trinajstić information content (AvgIpc) is 3.39. The third-order valence-electron chi connectivity index (χ3n) is 5.36. The smallest absolute Gasteiger partial charge is 0.193 e. The lowest BCUT2D eigenvalue weighted by Crippen LogP contribution is -2.40. The molecule has 1 aromatic carbocycles. The van der Waals surface area contributed by atoms with E-state index in [1.807, 2.05) is 24.0 Å². The Morgan fingerprint density at radius 2 is 2.07 bits per heavy atom. The molecule has 3 rings (SSSR count). The van der Waals surface area contributed by atoms with Crippen molar-refractivity contribution in [1.82, 2.24) is 20.0 Å². The van der Waals surface area contributed by atoms with E-state index in [1.165, 1.54) is 11.1 Å². The van der Waals surface area contributed by atoms with Crippen LogP contribution in [-0.4, -0.2) is 60.0 Å². The molecule has 0 aliphatic carbocycles. The summed E-state index contributed by atoms with van der Waals surface area (Å²) in [6.07, 6.45) is 8.38. The molecule has 1 N–H and O–H groups in total. The number of likely N-dealkylation sites (tertiary alicyclic amines) is 1. The first-order valence-electron chi connectivity index (χ1n) is 10.9. The molecule has 1 aliphatic rings. The maximum atomic E-state index is 5.77. The first-order chi connectivity index (χ1) is 14.3. The molecule has 6 nitrogen and oxygen atoms in total. The molecule has 0 saturated carbocycles. The van der Waals surface area contributed by atoms with Crippen LogP contribution in [0.5, 0.6) is 0 Å². The van der Waals surface area contributed by atoms with Gasteiger partial charge in [-0.2, -0.15) is 5.10 Å². The van der Waals surface area contributed by atoms with E-state index in [2.05, 4.69) is 52.7 Å². The highest BCUT2D eigenvalue weighted by molar-refractivity contribution is 14.0. The van der Waals surface area contributed by atoms with Crippen molar-refractivity contribution in [3.05, 3.63) is 53.9 Å². The quantitative estimate of drug-likeness (QED) is 0.222. The molecule has 0 spiro atoms. The van der Waals surface area contributed by atoms with Gasteiger partial charge in [0, 0.05) is 51.9 Å². The van der Waals surface area contributed by atoms with E-state index in [9.17, 15) is 0 Å². The van der Waals surface area contributed by atoms with Crippen molar-refractivity contribution in [2.75, 3.05) is 39.4 Å². The van der Waals surface area contributed by atoms with Crippen molar-refractivity contribution >= 4 is 29.9 Å². The number of rotatable bonds is 10. The molecular weight excluding hydrogens is 489 g/mol. The number of nitrogens with zero attached hydrogens (tertiary/aromatic N) is 4. The van der Waals surface area contributed by atoms with Crippen LogP contribution in [0.3, 0.4) is 0 Å². The highest BCUT2D eigenvalue weighted by atomic mass is 127. The van der Waals surface area contributed by atoms with Gasteiger partial charge in [0.1, 0.15) is 0 Å². The fourth-order valence-corrected chi connectivity index (χ4v) is 3.74. The van der Waals surface area contributed by atoms with E-state index >= 15 is 0 Å². The van der Waals surface area contributed by atoms with Crippen LogP contribution < -0.4 is 5.32 Å². The van der Waals surface area contributed by atoms with Gasteiger partial charge in [-0.25, -0.2) is 0 Å². The first-order valence-corrected chi connectivity index (χ1v) is 10.9. The average molecular weight is 525 g/mol. The van der Waals surface area contributed by atoms with E-state index < -0.39 is 0 Å². The molecule has 1 saturated heterocycles. The van der Waals surface area contributed by atoms with Crippen molar-refractivity contribution in [3.63, 3.8) is 0 Å². The molecule has 2 aromatic rings. The Labute approximate surface area is 198 Å². The predicted molar refractivity (Wildman–Crippen MR) is 134 cm³/mol. The Hall–Kier alpha value is -1.61. The number of unbranched alkanes of at least 4 members (excludes halogenated alkanes) is 1. The minimum atomic E-state index is 0. The predicted octanol–water partition coefficient (Wildman–Crippen LogP) is 3.83. The van der Waals surface area contributed by atoms with E-state index in [4.69, 9.17) is 9.73 Å². The summed E-state index contributed by atoms with van der Waals surface area (Å²) >= 11 is 0. The van der Waals surface area contributed by atoms with Gasteiger partial charge >= 0.3 is 0 Å². The molecule has 1 fully saturated rings. The van der Waals surface area contributed by atoms with Crippen molar-refractivity contribution in [3.8, 4) is 0 Å². The lowest BCUT2D eigenvalue weighted by Gasteiger charge is -2.21. The summed E-state index contributed by atoms with van der Waals surface area (Å²) in [7, 11) is 1.98. The lowest BCUT2D eigenvalue weighted by atomic mass is 10.0. The molecule has 7 heteroatoms. The van der Waals surface area contributed by atoms with E-state index in [0.29, 0.717) is 5.92 Å². The monoisotopic (exact) mass is 525 g/mol. The van der Waals surface area contributed by atoms with Crippen LogP contribution in [0.4, 0.5) is 0 Å². The Morgan fingerprint density at radius 3 is 2.80 bits per heavy atom. The van der Waals surface area contributed by atoms with Gasteiger partial charge in [-0.3, -0.25) is 9.67 Å². The number of guanidine groups is 1. The van der Waals surface area contributed by atoms with Gasteiger partial charge in [0.05, 0.1) is 12.8 Å². The summed E-state index contributed by atoms with van der Waals surface area (Å²) in [6.45, 7) is 7.54. The Morgan fingerprint density at radius 1 is 1.23 bits per heavy atom. The summed E-state index contributed by atoms with van der Waals surface area (Å²) in [5, 5.41) is 7.77. The van der Waals surface area contributed by atoms with Crippen LogP contribution in [0.2, 0.25) is 0 Å². The number of ether oxygens (including phenoxy) is 1. The highest BCUT2D eigenvalue weighted by Crippen LogP contribution is 2.26. The Bertz CT molecular complexity index is 749. The molecule has 1 aromatic heterocycles. The van der Waals surface area contributed by atoms with E-state index in [-0.39, 0.29) is 24.0 Å². The van der Waals surface area contributed by atoms with Crippen LogP contribution in [0.25, 0.3) is 0 Å². The molecule has 30 heavy (non-hydrogen) atoms. The second-order valence-electron chi connectivity index (χ2n) is 7.67. The van der Waals surface area contributed by atoms with Crippen molar-refractivity contribution in [2.24, 2.45) is 12.0 Å². The number of benzene rings is 1. The number of hydrogen-bond donors (Lipinski definition) is 1. The normalized spacial score (nSPS) is 16.5. The third kappa shape index (κ3) is 7.91. The van der Waals surface area contributed by atoms with E-state index in [1.54, 1.807) is 0 Å². The molecule has 1 aliphatic heterocycles. The van der Waals surface area contributed by atoms with Gasteiger partial charge in [-0.1, -0.05) is 30.3 Å². The summed E-state index contributed by atoms with van der Waals surface area (Å²) < 4.78 is 7.66. The third-order valence-corrected chi connectivity index (χ3v) is 5.36. The van der Waals surface area contributed by atoms with Gasteiger partial charge < -0.3 is 15.0 Å². The molecule has 1 unspecified atom stereocenters. The summed E-state index contributed by atoms with van der Waals surface area (Å²) in [5.41, 5.74) is 2.67. The summed E-state index contributed by atoms with van der Waals surface area (Å²) in [5.74, 6) is 1.59. The van der Waals surface area contributed by atoms with Gasteiger partial charge in [0.25, 0.3) is 0 Å². The number of hydrogen-bond acceptors (Lipinski definition) is 3. The van der Waals surface area contributed by atoms with E-state index in [0.717, 1.165) is 71.0 Å². The molecule has 166 valence electrons. The molecule has 1 atom stereocenters. The molecule has 0 bridgehead atoms. The van der Waals surface area contributed by atoms with Crippen molar-refractivity contribution in [1.29, 1.82) is 0 Å². The van der Waals surface area contributed by atoms with Crippen LogP contribution in [0.15, 0.2) is 47.7 Å². The maximum Gasteiger partial charge on any atom is 0.193 e. The summed E-state index contributed by atoms with van der Waals surface area (Å²) in [6, 6.07) is 10.5. The zero-order chi connectivity index (χ0) is 20.3. The number of aryl methyl sites for hydroxylation is 1. The van der Waals surface area contributed by atoms with Crippen LogP contribution in [0, 0.1) is 0 Å². The highest BCUT2D eigenvalue weighted by Gasteiger charge is 2.26. The van der Waals surface area contributed by atoms with Crippen LogP contribution in [-0.2, 0) is 18.2 Å². The molecule has 2 heterocycles. The minimum Gasteiger partial charge on any atom is -0.381 e. The second kappa shape index (κ2) is 13.6. The lowest BCUT2D eigenvalue weighted by molar-refractivity contribution is 0.134. The topological polar surface area (TPSA) is 54.7 Å². The summed E-state index contributed by atoms with van der Waals surface area (Å²) in [4.78, 5) is 7.24. The zero-order valence-electron chi connectivity index (χ0n) is 18.3. The maximum absolute atomic E-state index is 5.77. The fourth-order valence-electron chi connectivity index (χ4n) is 3.74. The van der Waals surface area contributed by atoms with Gasteiger partial charge in [-0.05, 0) is 43.7 Å². The molecule has 0 amide bonds. The molecule has 0 radical (unpaired) electrons. The fraction of sp³-hybridized carbons (Fsp3) is 0.565. The second-order valence-corrected chi connectivity index (χ2v) is 7.67. The van der Waals surface area contributed by atoms with Crippen molar-refractivity contribution < 1.29 is 4.74 Å². The zero-order valence-corrected chi connectivity index (χ0v) is 20.6. The van der Waals surface area contributed by atoms with Crippen molar-refractivity contribution in [2.45, 2.75) is 38.5 Å². The number of nitrogens with one attached hydrogen (secondary N) is 1. The molecular formula is C23H36IN5O. The first kappa shape index (κ1) is 24.7. The van der Waals surface area contributed by atoms with Gasteiger partial charge in [-0.15, -0.1) is 24.0 Å². The minimum absolute atomic E-state index is 0. The standard InChI is InChI=1S/C23H35N5O.HI/c1-3-24-23(28-14-11-21(19-28)22-17-26-27(2)18-22)25-13-7-8-15-29-16-12-20-9-5-4-6-10-20;/h4-6,9-10,17-18,21H,3,7-8,11-16,19H2,1-2H3,(H,24,25);1H.